The molecule has 134 valence electrons. The number of hydrogen-bond donors (Lipinski definition) is 1. The Morgan fingerprint density at radius 1 is 1.29 bits per heavy atom. The molecule has 2 fully saturated rings. The van der Waals surface area contributed by atoms with Crippen LogP contribution in [0.3, 0.4) is 0 Å². The molecule has 2 N–H and O–H groups in total. The smallest absolute Gasteiger partial charge is 0.404 e. The Kier molecular flexibility index (Phi) is 4.13. The average Bonchev–Trinajstić information content (AvgIpc) is 2.49. The molecule has 0 spiro atoms. The van der Waals surface area contributed by atoms with Crippen molar-refractivity contribution in [2.75, 3.05) is 0 Å². The van der Waals surface area contributed by atoms with Crippen molar-refractivity contribution in [3.05, 3.63) is 24.3 Å². The van der Waals surface area contributed by atoms with E-state index in [9.17, 15) is 4.79 Å². The van der Waals surface area contributed by atoms with Gasteiger partial charge in [-0.05, 0) is 61.2 Å². The third kappa shape index (κ3) is 2.60. The van der Waals surface area contributed by atoms with Gasteiger partial charge >= 0.3 is 6.09 Å². The Hall–Kier alpha value is -1.25. The highest BCUT2D eigenvalue weighted by molar-refractivity contribution is 5.65. The van der Waals surface area contributed by atoms with Crippen molar-refractivity contribution in [1.29, 1.82) is 0 Å². The topological polar surface area (TPSA) is 52.3 Å². The lowest BCUT2D eigenvalue weighted by atomic mass is 9.46. The highest BCUT2D eigenvalue weighted by Crippen LogP contribution is 2.64. The number of allylic oxidation sites excluding steroid dienone is 3. The molecule has 3 nitrogen and oxygen atoms in total. The molecule has 0 aromatic rings. The Labute approximate surface area is 146 Å². The lowest BCUT2D eigenvalue weighted by Crippen LogP contribution is -2.55. The first-order chi connectivity index (χ1) is 11.1. The molecule has 0 aliphatic heterocycles. The fourth-order valence-electron chi connectivity index (χ4n) is 6.17. The molecule has 5 unspecified atom stereocenters. The fourth-order valence-corrected chi connectivity index (χ4v) is 6.17. The summed E-state index contributed by atoms with van der Waals surface area (Å²) in [5.41, 5.74) is 7.43. The molecule has 5 atom stereocenters. The van der Waals surface area contributed by atoms with Crippen LogP contribution in [0.15, 0.2) is 24.3 Å². The van der Waals surface area contributed by atoms with Crippen LogP contribution < -0.4 is 5.73 Å². The number of carbonyl (C=O) groups is 1. The van der Waals surface area contributed by atoms with Crippen LogP contribution in [0.1, 0.15) is 66.2 Å². The number of nitrogens with two attached hydrogens (primary N) is 1. The third-order valence-electron chi connectivity index (χ3n) is 7.58. The maximum Gasteiger partial charge on any atom is 0.404 e. The van der Waals surface area contributed by atoms with Crippen LogP contribution >= 0.6 is 0 Å². The summed E-state index contributed by atoms with van der Waals surface area (Å²) in [7, 11) is 0. The van der Waals surface area contributed by atoms with Crippen molar-refractivity contribution in [2.45, 2.75) is 72.3 Å². The summed E-state index contributed by atoms with van der Waals surface area (Å²) in [4.78, 5) is 11.3. The van der Waals surface area contributed by atoms with Gasteiger partial charge < -0.3 is 10.5 Å². The zero-order valence-corrected chi connectivity index (χ0v) is 15.7. The fraction of sp³-hybridized carbons (Fsp3) is 0.762. The molecule has 0 radical (unpaired) electrons. The molecule has 0 bridgehead atoms. The van der Waals surface area contributed by atoms with Crippen molar-refractivity contribution < 1.29 is 9.53 Å². The van der Waals surface area contributed by atoms with Crippen LogP contribution in [0.2, 0.25) is 0 Å². The Bertz CT molecular complexity index is 578. The number of ether oxygens (including phenoxy) is 1. The Morgan fingerprint density at radius 2 is 2.00 bits per heavy atom. The molecule has 3 heteroatoms. The van der Waals surface area contributed by atoms with E-state index in [4.69, 9.17) is 10.5 Å². The molecule has 0 heterocycles. The summed E-state index contributed by atoms with van der Waals surface area (Å²) in [6.45, 7) is 13.4. The van der Waals surface area contributed by atoms with E-state index in [1.54, 1.807) is 5.57 Å². The highest BCUT2D eigenvalue weighted by atomic mass is 16.6. The van der Waals surface area contributed by atoms with Gasteiger partial charge in [0, 0.05) is 5.41 Å². The first kappa shape index (κ1) is 17.6. The summed E-state index contributed by atoms with van der Waals surface area (Å²) in [6, 6.07) is 0. The first-order valence-corrected chi connectivity index (χ1v) is 9.42. The molecular formula is C21H33NO2. The molecule has 0 saturated heterocycles. The van der Waals surface area contributed by atoms with Crippen molar-refractivity contribution in [1.82, 2.24) is 0 Å². The molecule has 3 aliphatic carbocycles. The van der Waals surface area contributed by atoms with Gasteiger partial charge in [0.25, 0.3) is 0 Å². The third-order valence-corrected chi connectivity index (χ3v) is 7.58. The summed E-state index contributed by atoms with van der Waals surface area (Å²) in [6.07, 6.45) is 10.7. The standard InChI is InChI=1S/C21H33NO2/c1-6-20(4)11-9-15-14(13-20)7-8-16-19(2,3)17(24-18(22)23)10-12-21(15,16)5/h6,9,14,16-17H,1,7-8,10-13H2,2-5H3,(H2,22,23). The van der Waals surface area contributed by atoms with Gasteiger partial charge in [-0.1, -0.05) is 45.4 Å². The minimum atomic E-state index is -0.635. The van der Waals surface area contributed by atoms with E-state index < -0.39 is 6.09 Å². The number of amides is 1. The molecule has 24 heavy (non-hydrogen) atoms. The predicted molar refractivity (Wildman–Crippen MR) is 97.4 cm³/mol. The normalized spacial score (nSPS) is 43.8. The highest BCUT2D eigenvalue weighted by Gasteiger charge is 2.57. The van der Waals surface area contributed by atoms with E-state index in [2.05, 4.69) is 46.4 Å². The van der Waals surface area contributed by atoms with Crippen LogP contribution in [-0.2, 0) is 4.74 Å². The molecule has 3 aliphatic rings. The summed E-state index contributed by atoms with van der Waals surface area (Å²) in [5, 5.41) is 0. The van der Waals surface area contributed by atoms with Gasteiger partial charge in [-0.25, -0.2) is 4.79 Å². The minimum Gasteiger partial charge on any atom is -0.446 e. The number of rotatable bonds is 2. The van der Waals surface area contributed by atoms with Gasteiger partial charge in [0.05, 0.1) is 0 Å². The van der Waals surface area contributed by atoms with E-state index in [1.165, 1.54) is 19.3 Å². The van der Waals surface area contributed by atoms with E-state index in [1.807, 2.05) is 0 Å². The van der Waals surface area contributed by atoms with Gasteiger partial charge in [-0.2, -0.15) is 0 Å². The summed E-state index contributed by atoms with van der Waals surface area (Å²) < 4.78 is 5.49. The maximum atomic E-state index is 11.3. The molecular weight excluding hydrogens is 298 g/mol. The van der Waals surface area contributed by atoms with Gasteiger partial charge in [0.15, 0.2) is 0 Å². The molecule has 0 aromatic heterocycles. The van der Waals surface area contributed by atoms with Gasteiger partial charge in [-0.15, -0.1) is 6.58 Å². The van der Waals surface area contributed by atoms with E-state index in [0.717, 1.165) is 19.3 Å². The van der Waals surface area contributed by atoms with Gasteiger partial charge in [0.2, 0.25) is 0 Å². The molecule has 0 aromatic carbocycles. The second-order valence-corrected chi connectivity index (χ2v) is 9.46. The number of primary amides is 1. The molecule has 2 saturated carbocycles. The monoisotopic (exact) mass is 331 g/mol. The van der Waals surface area contributed by atoms with E-state index in [-0.39, 0.29) is 22.3 Å². The lowest BCUT2D eigenvalue weighted by molar-refractivity contribution is -0.102. The average molecular weight is 332 g/mol. The summed E-state index contributed by atoms with van der Waals surface area (Å²) >= 11 is 0. The predicted octanol–water partition coefficient (Wildman–Crippen LogP) is 5.22. The molecule has 1 amide bonds. The van der Waals surface area contributed by atoms with Gasteiger partial charge in [0.1, 0.15) is 6.10 Å². The zero-order valence-electron chi connectivity index (χ0n) is 15.7. The molecule has 3 rings (SSSR count). The second kappa shape index (κ2) is 5.64. The van der Waals surface area contributed by atoms with Crippen LogP contribution in [0.4, 0.5) is 4.79 Å². The Morgan fingerprint density at radius 3 is 2.62 bits per heavy atom. The van der Waals surface area contributed by atoms with Crippen LogP contribution in [-0.4, -0.2) is 12.2 Å². The SMILES string of the molecule is C=CC1(C)CC=C2C(CCC3C2(C)CCC(OC(N)=O)C3(C)C)C1. The van der Waals surface area contributed by atoms with E-state index >= 15 is 0 Å². The first-order valence-electron chi connectivity index (χ1n) is 9.42. The van der Waals surface area contributed by atoms with Crippen molar-refractivity contribution in [3.8, 4) is 0 Å². The van der Waals surface area contributed by atoms with Crippen molar-refractivity contribution in [2.24, 2.45) is 33.8 Å². The minimum absolute atomic E-state index is 0.0347. The van der Waals surface area contributed by atoms with Crippen LogP contribution in [0.25, 0.3) is 0 Å². The number of fused-ring (bicyclic) bond motifs is 3. The van der Waals surface area contributed by atoms with Crippen LogP contribution in [0.5, 0.6) is 0 Å². The van der Waals surface area contributed by atoms with Crippen molar-refractivity contribution in [3.63, 3.8) is 0 Å². The second-order valence-electron chi connectivity index (χ2n) is 9.46. The number of carbonyl (C=O) groups excluding carboxylic acids is 1. The lowest BCUT2D eigenvalue weighted by Gasteiger charge is -2.60. The largest absolute Gasteiger partial charge is 0.446 e. The summed E-state index contributed by atoms with van der Waals surface area (Å²) in [5.74, 6) is 1.23. The number of hydrogen-bond acceptors (Lipinski definition) is 2. The quantitative estimate of drug-likeness (QED) is 0.706. The van der Waals surface area contributed by atoms with E-state index in [0.29, 0.717) is 11.8 Å². The van der Waals surface area contributed by atoms with Crippen molar-refractivity contribution >= 4 is 6.09 Å². The Balaban J connectivity index is 1.92. The zero-order chi connectivity index (χ0) is 17.8. The van der Waals surface area contributed by atoms with Gasteiger partial charge in [-0.3, -0.25) is 0 Å². The van der Waals surface area contributed by atoms with Crippen LogP contribution in [0, 0.1) is 28.1 Å². The maximum absolute atomic E-state index is 11.3.